The Labute approximate surface area is 77.6 Å². The molecule has 1 heterocycles. The van der Waals surface area contributed by atoms with Crippen LogP contribution in [-0.2, 0) is 6.54 Å². The molecule has 0 fully saturated rings. The number of aryl methyl sites for hydroxylation is 1. The molecule has 0 aliphatic carbocycles. The van der Waals surface area contributed by atoms with Gasteiger partial charge in [-0.05, 0) is 20.8 Å². The van der Waals surface area contributed by atoms with Gasteiger partial charge < -0.3 is 10.8 Å². The van der Waals surface area contributed by atoms with E-state index in [0.717, 1.165) is 0 Å². The first kappa shape index (κ1) is 10.1. The summed E-state index contributed by atoms with van der Waals surface area (Å²) >= 11 is 0. The highest BCUT2D eigenvalue weighted by molar-refractivity contribution is 4.99. The molecule has 0 saturated carbocycles. The van der Waals surface area contributed by atoms with Crippen LogP contribution in [0.2, 0.25) is 0 Å². The summed E-state index contributed by atoms with van der Waals surface area (Å²) in [6, 6.07) is 0. The van der Waals surface area contributed by atoms with Crippen molar-refractivity contribution in [3.63, 3.8) is 0 Å². The molecular formula is C8H16N4O. The minimum atomic E-state index is -0.782. The summed E-state index contributed by atoms with van der Waals surface area (Å²) in [5, 5.41) is 13.8. The summed E-state index contributed by atoms with van der Waals surface area (Å²) < 4.78 is 1.64. The van der Waals surface area contributed by atoms with E-state index < -0.39 is 11.6 Å². The molecule has 1 atom stereocenters. The van der Waals surface area contributed by atoms with Crippen LogP contribution in [0.5, 0.6) is 0 Å². The Morgan fingerprint density at radius 3 is 2.77 bits per heavy atom. The van der Waals surface area contributed by atoms with Crippen molar-refractivity contribution in [1.82, 2.24) is 14.8 Å². The van der Waals surface area contributed by atoms with Crippen LogP contribution in [0.25, 0.3) is 0 Å². The Morgan fingerprint density at radius 1 is 1.69 bits per heavy atom. The maximum absolute atomic E-state index is 9.81. The predicted molar refractivity (Wildman–Crippen MR) is 48.9 cm³/mol. The third-order valence-electron chi connectivity index (χ3n) is 1.89. The van der Waals surface area contributed by atoms with Crippen molar-refractivity contribution in [2.75, 3.05) is 0 Å². The van der Waals surface area contributed by atoms with Crippen molar-refractivity contribution >= 4 is 0 Å². The lowest BCUT2D eigenvalue weighted by Crippen LogP contribution is -2.40. The van der Waals surface area contributed by atoms with Crippen LogP contribution >= 0.6 is 0 Å². The second kappa shape index (κ2) is 3.43. The number of aromatic nitrogens is 3. The maximum Gasteiger partial charge on any atom is 0.157 e. The normalized spacial score (nSPS) is 14.5. The average Bonchev–Trinajstić information content (AvgIpc) is 2.48. The van der Waals surface area contributed by atoms with Crippen molar-refractivity contribution in [2.45, 2.75) is 39.0 Å². The molecule has 1 aromatic rings. The molecule has 0 bridgehead atoms. The van der Waals surface area contributed by atoms with E-state index in [2.05, 4.69) is 10.1 Å². The molecule has 0 radical (unpaired) electrons. The zero-order valence-electron chi connectivity index (χ0n) is 8.23. The van der Waals surface area contributed by atoms with E-state index in [9.17, 15) is 5.11 Å². The van der Waals surface area contributed by atoms with E-state index in [4.69, 9.17) is 5.73 Å². The number of aliphatic hydroxyl groups excluding tert-OH is 1. The summed E-state index contributed by atoms with van der Waals surface area (Å²) in [6.45, 7) is 6.13. The molecule has 3 N–H and O–H groups in total. The first-order valence-corrected chi connectivity index (χ1v) is 4.31. The molecule has 0 saturated heterocycles. The minimum absolute atomic E-state index is 0.523. The van der Waals surface area contributed by atoms with Gasteiger partial charge in [-0.25, -0.2) is 9.67 Å². The summed E-state index contributed by atoms with van der Waals surface area (Å²) in [5.41, 5.74) is 5.07. The molecule has 0 amide bonds. The molecule has 1 aromatic heterocycles. The highest BCUT2D eigenvalue weighted by Crippen LogP contribution is 2.20. The molecule has 1 unspecified atom stereocenters. The molecule has 0 spiro atoms. The quantitative estimate of drug-likeness (QED) is 0.697. The van der Waals surface area contributed by atoms with Crippen LogP contribution in [-0.4, -0.2) is 25.4 Å². The Morgan fingerprint density at radius 2 is 2.31 bits per heavy atom. The molecule has 0 aliphatic rings. The van der Waals surface area contributed by atoms with E-state index in [1.807, 2.05) is 6.92 Å². The van der Waals surface area contributed by atoms with Gasteiger partial charge in [-0.15, -0.1) is 0 Å². The summed E-state index contributed by atoms with van der Waals surface area (Å²) in [7, 11) is 0. The number of hydrogen-bond acceptors (Lipinski definition) is 4. The van der Waals surface area contributed by atoms with E-state index in [1.54, 1.807) is 18.5 Å². The first-order valence-electron chi connectivity index (χ1n) is 4.31. The molecular weight excluding hydrogens is 168 g/mol. The predicted octanol–water partition coefficient (Wildman–Crippen LogP) is 0.0687. The zero-order valence-corrected chi connectivity index (χ0v) is 8.23. The number of rotatable bonds is 3. The summed E-state index contributed by atoms with van der Waals surface area (Å²) in [6.07, 6.45) is 0.642. The van der Waals surface area contributed by atoms with Gasteiger partial charge in [0.1, 0.15) is 12.4 Å². The second-order valence-corrected chi connectivity index (χ2v) is 3.66. The van der Waals surface area contributed by atoms with Crippen LogP contribution in [0.3, 0.4) is 0 Å². The summed E-state index contributed by atoms with van der Waals surface area (Å²) in [4.78, 5) is 3.98. The van der Waals surface area contributed by atoms with Crippen LogP contribution in [0.1, 0.15) is 32.7 Å². The Kier molecular flexibility index (Phi) is 2.68. The monoisotopic (exact) mass is 184 g/mol. The fourth-order valence-corrected chi connectivity index (χ4v) is 1.06. The van der Waals surface area contributed by atoms with Gasteiger partial charge in [0.25, 0.3) is 0 Å². The van der Waals surface area contributed by atoms with Crippen molar-refractivity contribution in [2.24, 2.45) is 5.73 Å². The molecule has 5 heteroatoms. The molecule has 0 aliphatic heterocycles. The SMILES string of the molecule is CCn1ncnc1C(O)C(C)(C)N. The molecule has 74 valence electrons. The van der Waals surface area contributed by atoms with Gasteiger partial charge in [-0.2, -0.15) is 5.10 Å². The lowest BCUT2D eigenvalue weighted by atomic mass is 9.98. The van der Waals surface area contributed by atoms with Crippen LogP contribution in [0, 0.1) is 0 Å². The second-order valence-electron chi connectivity index (χ2n) is 3.66. The van der Waals surface area contributed by atoms with Crippen molar-refractivity contribution < 1.29 is 5.11 Å². The number of nitrogens with two attached hydrogens (primary N) is 1. The molecule has 5 nitrogen and oxygen atoms in total. The van der Waals surface area contributed by atoms with Crippen LogP contribution in [0.15, 0.2) is 6.33 Å². The van der Waals surface area contributed by atoms with E-state index in [1.165, 1.54) is 6.33 Å². The van der Waals surface area contributed by atoms with E-state index in [-0.39, 0.29) is 0 Å². The number of hydrogen-bond donors (Lipinski definition) is 2. The van der Waals surface area contributed by atoms with Crippen molar-refractivity contribution in [3.8, 4) is 0 Å². The third kappa shape index (κ3) is 2.05. The smallest absolute Gasteiger partial charge is 0.157 e. The van der Waals surface area contributed by atoms with Crippen LogP contribution in [0.4, 0.5) is 0 Å². The Hall–Kier alpha value is -0.940. The van der Waals surface area contributed by atoms with Gasteiger partial charge in [0.2, 0.25) is 0 Å². The molecule has 0 aromatic carbocycles. The van der Waals surface area contributed by atoms with Gasteiger partial charge in [0.05, 0.1) is 0 Å². The number of nitrogens with zero attached hydrogens (tertiary/aromatic N) is 3. The van der Waals surface area contributed by atoms with Gasteiger partial charge in [0, 0.05) is 12.1 Å². The first-order chi connectivity index (χ1) is 5.96. The summed E-state index contributed by atoms with van der Waals surface area (Å²) in [5.74, 6) is 0.523. The molecule has 1 rings (SSSR count). The van der Waals surface area contributed by atoms with Gasteiger partial charge in [0.15, 0.2) is 5.82 Å². The van der Waals surface area contributed by atoms with Gasteiger partial charge in [-0.3, -0.25) is 0 Å². The lowest BCUT2D eigenvalue weighted by Gasteiger charge is -2.24. The number of aliphatic hydroxyl groups is 1. The fourth-order valence-electron chi connectivity index (χ4n) is 1.06. The topological polar surface area (TPSA) is 77.0 Å². The fraction of sp³-hybridized carbons (Fsp3) is 0.750. The third-order valence-corrected chi connectivity index (χ3v) is 1.89. The maximum atomic E-state index is 9.81. The van der Waals surface area contributed by atoms with Crippen molar-refractivity contribution in [3.05, 3.63) is 12.2 Å². The average molecular weight is 184 g/mol. The Bertz CT molecular complexity index is 276. The van der Waals surface area contributed by atoms with Crippen LogP contribution < -0.4 is 5.73 Å². The van der Waals surface area contributed by atoms with Gasteiger partial charge >= 0.3 is 0 Å². The Balaban J connectivity index is 2.94. The standard InChI is InChI=1S/C8H16N4O/c1-4-12-7(10-5-11-12)6(13)8(2,3)9/h5-6,13H,4,9H2,1-3H3. The van der Waals surface area contributed by atoms with Gasteiger partial charge in [-0.1, -0.05) is 0 Å². The van der Waals surface area contributed by atoms with E-state index in [0.29, 0.717) is 12.4 Å². The molecule has 13 heavy (non-hydrogen) atoms. The minimum Gasteiger partial charge on any atom is -0.383 e. The highest BCUT2D eigenvalue weighted by atomic mass is 16.3. The van der Waals surface area contributed by atoms with E-state index >= 15 is 0 Å². The largest absolute Gasteiger partial charge is 0.383 e. The zero-order chi connectivity index (χ0) is 10.1. The van der Waals surface area contributed by atoms with Crippen molar-refractivity contribution in [1.29, 1.82) is 0 Å². The lowest BCUT2D eigenvalue weighted by molar-refractivity contribution is 0.0913. The highest BCUT2D eigenvalue weighted by Gasteiger charge is 2.28.